The Morgan fingerprint density at radius 1 is 1.42 bits per heavy atom. The fraction of sp³-hybridized carbons (Fsp3) is 0.235. The molecular formula is C17H16ClN3O3S2. The molecule has 1 N–H and O–H groups in total. The summed E-state index contributed by atoms with van der Waals surface area (Å²) in [6.07, 6.45) is 0. The molecule has 136 valence electrons. The lowest BCUT2D eigenvalue weighted by atomic mass is 10.3. The van der Waals surface area contributed by atoms with Gasteiger partial charge in [-0.15, -0.1) is 11.3 Å². The summed E-state index contributed by atoms with van der Waals surface area (Å²) in [5.41, 5.74) is 1.07. The summed E-state index contributed by atoms with van der Waals surface area (Å²) < 4.78 is 6.97. The molecule has 0 atom stereocenters. The van der Waals surface area contributed by atoms with Crippen LogP contribution in [0, 0.1) is 0 Å². The second-order valence-electron chi connectivity index (χ2n) is 5.28. The number of hydrogen-bond acceptors (Lipinski definition) is 6. The van der Waals surface area contributed by atoms with E-state index in [9.17, 15) is 9.59 Å². The number of hydrogen-bond donors (Lipinski definition) is 1. The molecule has 0 spiro atoms. The Kier molecular flexibility index (Phi) is 6.31. The van der Waals surface area contributed by atoms with Crippen molar-refractivity contribution in [2.75, 3.05) is 26.0 Å². The maximum absolute atomic E-state index is 12.9. The van der Waals surface area contributed by atoms with E-state index < -0.39 is 0 Å². The van der Waals surface area contributed by atoms with E-state index in [1.807, 2.05) is 5.38 Å². The highest BCUT2D eigenvalue weighted by Gasteiger charge is 2.15. The maximum atomic E-state index is 12.9. The van der Waals surface area contributed by atoms with E-state index in [1.54, 1.807) is 37.4 Å². The molecule has 2 heterocycles. The predicted octanol–water partition coefficient (Wildman–Crippen LogP) is 2.96. The molecule has 2 aromatic heterocycles. The molecule has 3 aromatic rings. The van der Waals surface area contributed by atoms with Crippen molar-refractivity contribution in [3.8, 4) is 5.69 Å². The standard InChI is InChI=1S/C17H16ClN3O3S2/c1-24-7-6-19-14(22)10-26-17-20-13-5-8-25-15(13)16(23)21(17)12-4-2-3-11(18)9-12/h2-5,8-9H,6-7,10H2,1H3,(H,19,22). The molecule has 0 radical (unpaired) electrons. The lowest BCUT2D eigenvalue weighted by molar-refractivity contribution is -0.118. The minimum absolute atomic E-state index is 0.145. The highest BCUT2D eigenvalue weighted by Crippen LogP contribution is 2.24. The quantitative estimate of drug-likeness (QED) is 0.369. The SMILES string of the molecule is COCCNC(=O)CSc1nc2ccsc2c(=O)n1-c1cccc(Cl)c1. The zero-order valence-electron chi connectivity index (χ0n) is 13.9. The van der Waals surface area contributed by atoms with E-state index in [1.165, 1.54) is 27.7 Å². The van der Waals surface area contributed by atoms with E-state index in [4.69, 9.17) is 16.3 Å². The number of benzene rings is 1. The third-order valence-electron chi connectivity index (χ3n) is 3.48. The second-order valence-corrected chi connectivity index (χ2v) is 7.58. The summed E-state index contributed by atoms with van der Waals surface area (Å²) >= 11 is 8.63. The van der Waals surface area contributed by atoms with Crippen molar-refractivity contribution < 1.29 is 9.53 Å². The Bertz CT molecular complexity index is 987. The minimum atomic E-state index is -0.172. The number of carbonyl (C=O) groups is 1. The summed E-state index contributed by atoms with van der Waals surface area (Å²) in [5.74, 6) is -0.00354. The number of rotatable bonds is 7. The summed E-state index contributed by atoms with van der Waals surface area (Å²) in [6.45, 7) is 0.886. The molecule has 0 saturated heterocycles. The van der Waals surface area contributed by atoms with Gasteiger partial charge < -0.3 is 10.1 Å². The monoisotopic (exact) mass is 409 g/mol. The lowest BCUT2D eigenvalue weighted by Gasteiger charge is -2.12. The fourth-order valence-electron chi connectivity index (χ4n) is 2.31. The summed E-state index contributed by atoms with van der Waals surface area (Å²) in [7, 11) is 1.57. The first-order chi connectivity index (χ1) is 12.6. The van der Waals surface area contributed by atoms with Crippen LogP contribution >= 0.6 is 34.7 Å². The Morgan fingerprint density at radius 3 is 3.04 bits per heavy atom. The smallest absolute Gasteiger partial charge is 0.276 e. The Labute approximate surface area is 163 Å². The van der Waals surface area contributed by atoms with Crippen molar-refractivity contribution in [2.45, 2.75) is 5.16 Å². The molecule has 9 heteroatoms. The van der Waals surface area contributed by atoms with Gasteiger partial charge in [0.15, 0.2) is 5.16 Å². The number of thiophene rings is 1. The fourth-order valence-corrected chi connectivity index (χ4v) is 4.09. The predicted molar refractivity (Wildman–Crippen MR) is 106 cm³/mol. The number of amides is 1. The number of aromatic nitrogens is 2. The van der Waals surface area contributed by atoms with E-state index >= 15 is 0 Å². The van der Waals surface area contributed by atoms with Gasteiger partial charge in [0.2, 0.25) is 5.91 Å². The molecular weight excluding hydrogens is 394 g/mol. The molecule has 0 aliphatic rings. The van der Waals surface area contributed by atoms with Gasteiger partial charge in [-0.25, -0.2) is 4.98 Å². The third kappa shape index (κ3) is 4.27. The zero-order chi connectivity index (χ0) is 18.5. The first kappa shape index (κ1) is 18.9. The average Bonchev–Trinajstić information content (AvgIpc) is 3.09. The third-order valence-corrected chi connectivity index (χ3v) is 5.54. The van der Waals surface area contributed by atoms with Crippen LogP contribution in [0.25, 0.3) is 15.9 Å². The molecule has 1 amide bonds. The van der Waals surface area contributed by atoms with Crippen LogP contribution in [0.15, 0.2) is 45.7 Å². The molecule has 3 rings (SSSR count). The van der Waals surface area contributed by atoms with Crippen LogP contribution in [0.4, 0.5) is 0 Å². The summed E-state index contributed by atoms with van der Waals surface area (Å²) in [4.78, 5) is 29.5. The second kappa shape index (κ2) is 8.68. The normalized spacial score (nSPS) is 11.0. The van der Waals surface area contributed by atoms with Crippen molar-refractivity contribution in [2.24, 2.45) is 0 Å². The number of fused-ring (bicyclic) bond motifs is 1. The maximum Gasteiger partial charge on any atom is 0.276 e. The lowest BCUT2D eigenvalue weighted by Crippen LogP contribution is -2.29. The molecule has 0 unspecified atom stereocenters. The highest BCUT2D eigenvalue weighted by molar-refractivity contribution is 7.99. The largest absolute Gasteiger partial charge is 0.383 e. The van der Waals surface area contributed by atoms with Crippen molar-refractivity contribution >= 4 is 50.8 Å². The van der Waals surface area contributed by atoms with Crippen molar-refractivity contribution in [1.29, 1.82) is 0 Å². The summed E-state index contributed by atoms with van der Waals surface area (Å²) in [5, 5.41) is 5.55. The summed E-state index contributed by atoms with van der Waals surface area (Å²) in [6, 6.07) is 8.80. The van der Waals surface area contributed by atoms with E-state index in [2.05, 4.69) is 10.3 Å². The Balaban J connectivity index is 1.94. The van der Waals surface area contributed by atoms with E-state index in [0.29, 0.717) is 39.2 Å². The molecule has 6 nitrogen and oxygen atoms in total. The number of methoxy groups -OCH3 is 1. The topological polar surface area (TPSA) is 73.2 Å². The van der Waals surface area contributed by atoms with Gasteiger partial charge in [0.05, 0.1) is 23.6 Å². The van der Waals surface area contributed by atoms with Gasteiger partial charge in [-0.05, 0) is 29.6 Å². The molecule has 1 aromatic carbocycles. The van der Waals surface area contributed by atoms with Gasteiger partial charge >= 0.3 is 0 Å². The van der Waals surface area contributed by atoms with Gasteiger partial charge in [0, 0.05) is 18.7 Å². The molecule has 0 fully saturated rings. The van der Waals surface area contributed by atoms with Crippen LogP contribution in [0.5, 0.6) is 0 Å². The number of nitrogens with zero attached hydrogens (tertiary/aromatic N) is 2. The van der Waals surface area contributed by atoms with Crippen molar-refractivity contribution in [3.05, 3.63) is 51.1 Å². The van der Waals surface area contributed by atoms with Crippen LogP contribution in [-0.4, -0.2) is 41.5 Å². The van der Waals surface area contributed by atoms with Gasteiger partial charge in [-0.1, -0.05) is 29.4 Å². The van der Waals surface area contributed by atoms with Crippen molar-refractivity contribution in [1.82, 2.24) is 14.9 Å². The van der Waals surface area contributed by atoms with Crippen LogP contribution in [-0.2, 0) is 9.53 Å². The van der Waals surface area contributed by atoms with Gasteiger partial charge in [0.25, 0.3) is 5.56 Å². The number of ether oxygens (including phenoxy) is 1. The molecule has 26 heavy (non-hydrogen) atoms. The first-order valence-electron chi connectivity index (χ1n) is 7.75. The minimum Gasteiger partial charge on any atom is -0.383 e. The zero-order valence-corrected chi connectivity index (χ0v) is 16.3. The Hall–Kier alpha value is -1.87. The van der Waals surface area contributed by atoms with Crippen molar-refractivity contribution in [3.63, 3.8) is 0 Å². The number of thioether (sulfide) groups is 1. The van der Waals surface area contributed by atoms with Crippen LogP contribution in [0.3, 0.4) is 0 Å². The van der Waals surface area contributed by atoms with Crippen LogP contribution < -0.4 is 10.9 Å². The van der Waals surface area contributed by atoms with E-state index in [-0.39, 0.29) is 17.2 Å². The molecule has 0 aliphatic carbocycles. The van der Waals surface area contributed by atoms with Gasteiger partial charge in [-0.3, -0.25) is 14.2 Å². The first-order valence-corrected chi connectivity index (χ1v) is 9.99. The van der Waals surface area contributed by atoms with Gasteiger partial charge in [-0.2, -0.15) is 0 Å². The number of carbonyl (C=O) groups excluding carboxylic acids is 1. The molecule has 0 saturated carbocycles. The molecule has 0 aliphatic heterocycles. The Morgan fingerprint density at radius 2 is 2.27 bits per heavy atom. The van der Waals surface area contributed by atoms with Crippen LogP contribution in [0.1, 0.15) is 0 Å². The number of nitrogens with one attached hydrogen (secondary N) is 1. The number of halogens is 1. The van der Waals surface area contributed by atoms with Gasteiger partial charge in [0.1, 0.15) is 4.70 Å². The van der Waals surface area contributed by atoms with E-state index in [0.717, 1.165) is 0 Å². The average molecular weight is 410 g/mol. The molecule has 0 bridgehead atoms. The highest BCUT2D eigenvalue weighted by atomic mass is 35.5. The van der Waals surface area contributed by atoms with Crippen LogP contribution in [0.2, 0.25) is 5.02 Å².